The fourth-order valence-corrected chi connectivity index (χ4v) is 4.68. The molecule has 0 aliphatic rings. The summed E-state index contributed by atoms with van der Waals surface area (Å²) in [5, 5.41) is 2.72. The average molecular weight is 413 g/mol. The summed E-state index contributed by atoms with van der Waals surface area (Å²) in [5.41, 5.74) is 4.51. The normalized spacial score (nSPS) is 11.4. The third-order valence-electron chi connectivity index (χ3n) is 5.20. The predicted octanol–water partition coefficient (Wildman–Crippen LogP) is 2.36. The maximum absolute atomic E-state index is 12.8. The van der Waals surface area contributed by atoms with Crippen LogP contribution in [0.15, 0.2) is 4.90 Å². The smallest absolute Gasteiger partial charge is 0.305 e. The lowest BCUT2D eigenvalue weighted by molar-refractivity contribution is -0.140. The molecule has 0 aromatic heterocycles. The van der Waals surface area contributed by atoms with E-state index < -0.39 is 10.0 Å². The third kappa shape index (κ3) is 6.31. The maximum Gasteiger partial charge on any atom is 0.305 e. The second kappa shape index (κ2) is 10.6. The van der Waals surface area contributed by atoms with Crippen LogP contribution in [0.3, 0.4) is 0 Å². The Morgan fingerprint density at radius 2 is 1.36 bits per heavy atom. The zero-order chi connectivity index (χ0) is 21.5. The highest BCUT2D eigenvalue weighted by molar-refractivity contribution is 7.89. The lowest BCUT2D eigenvalue weighted by Gasteiger charge is -2.19. The largest absolute Gasteiger partial charge is 0.469 e. The van der Waals surface area contributed by atoms with Gasteiger partial charge in [-0.25, -0.2) is 13.1 Å². The molecule has 0 bridgehead atoms. The number of ether oxygens (including phenoxy) is 1. The predicted molar refractivity (Wildman–Crippen MR) is 109 cm³/mol. The highest BCUT2D eigenvalue weighted by Crippen LogP contribution is 2.29. The minimum absolute atomic E-state index is 0.0289. The fourth-order valence-electron chi connectivity index (χ4n) is 3.05. The Labute approximate surface area is 168 Å². The van der Waals surface area contributed by atoms with E-state index in [0.29, 0.717) is 30.7 Å². The van der Waals surface area contributed by atoms with Gasteiger partial charge in [-0.15, -0.1) is 0 Å². The molecule has 0 saturated carbocycles. The van der Waals surface area contributed by atoms with E-state index in [0.717, 1.165) is 27.8 Å². The lowest BCUT2D eigenvalue weighted by Crippen LogP contribution is -2.32. The molecule has 0 heterocycles. The second-order valence-electron chi connectivity index (χ2n) is 6.99. The Hall–Kier alpha value is -1.93. The van der Waals surface area contributed by atoms with Crippen molar-refractivity contribution in [3.8, 4) is 0 Å². The summed E-state index contributed by atoms with van der Waals surface area (Å²) in [5.74, 6) is -0.502. The van der Waals surface area contributed by atoms with Gasteiger partial charge in [-0.3, -0.25) is 9.59 Å². The van der Waals surface area contributed by atoms with Crippen molar-refractivity contribution in [2.75, 3.05) is 20.2 Å². The summed E-state index contributed by atoms with van der Waals surface area (Å²) >= 11 is 0. The molecule has 0 radical (unpaired) electrons. The number of unbranched alkanes of at least 4 members (excludes halogenated alkanes) is 1. The summed E-state index contributed by atoms with van der Waals surface area (Å²) in [6, 6.07) is 0. The summed E-state index contributed by atoms with van der Waals surface area (Å²) < 4.78 is 32.6. The van der Waals surface area contributed by atoms with Crippen molar-refractivity contribution in [2.24, 2.45) is 0 Å². The quantitative estimate of drug-likeness (QED) is 0.454. The average Bonchev–Trinajstić information content (AvgIpc) is 2.64. The Morgan fingerprint density at radius 1 is 0.821 bits per heavy atom. The molecule has 1 rings (SSSR count). The number of rotatable bonds is 10. The van der Waals surface area contributed by atoms with Gasteiger partial charge in [0.25, 0.3) is 0 Å². The van der Waals surface area contributed by atoms with Crippen molar-refractivity contribution in [3.63, 3.8) is 0 Å². The van der Waals surface area contributed by atoms with Gasteiger partial charge in [-0.2, -0.15) is 0 Å². The highest BCUT2D eigenvalue weighted by atomic mass is 32.2. The van der Waals surface area contributed by atoms with Gasteiger partial charge in [0.1, 0.15) is 0 Å². The molecule has 158 valence electrons. The van der Waals surface area contributed by atoms with Crippen molar-refractivity contribution < 1.29 is 22.7 Å². The molecule has 0 aliphatic carbocycles. The summed E-state index contributed by atoms with van der Waals surface area (Å²) in [6.45, 7) is 9.92. The summed E-state index contributed by atoms with van der Waals surface area (Å²) in [7, 11) is -2.36. The van der Waals surface area contributed by atoms with Crippen LogP contribution in [0.25, 0.3) is 0 Å². The van der Waals surface area contributed by atoms with E-state index in [2.05, 4.69) is 14.8 Å². The first kappa shape index (κ1) is 24.1. The van der Waals surface area contributed by atoms with Crippen LogP contribution in [-0.4, -0.2) is 40.5 Å². The Kier molecular flexibility index (Phi) is 9.10. The van der Waals surface area contributed by atoms with Crippen molar-refractivity contribution >= 4 is 21.9 Å². The number of esters is 1. The second-order valence-corrected chi connectivity index (χ2v) is 8.69. The van der Waals surface area contributed by atoms with Gasteiger partial charge in [-0.1, -0.05) is 0 Å². The van der Waals surface area contributed by atoms with Gasteiger partial charge in [0.2, 0.25) is 15.9 Å². The minimum Gasteiger partial charge on any atom is -0.469 e. The molecule has 7 nitrogen and oxygen atoms in total. The van der Waals surface area contributed by atoms with Crippen molar-refractivity contribution in [2.45, 2.75) is 65.2 Å². The number of hydrogen-bond donors (Lipinski definition) is 2. The number of amides is 1. The molecule has 0 unspecified atom stereocenters. The van der Waals surface area contributed by atoms with Crippen LogP contribution in [-0.2, 0) is 24.3 Å². The van der Waals surface area contributed by atoms with Gasteiger partial charge in [0.05, 0.1) is 12.0 Å². The van der Waals surface area contributed by atoms with Crippen molar-refractivity contribution in [1.29, 1.82) is 0 Å². The van der Waals surface area contributed by atoms with Gasteiger partial charge in [0, 0.05) is 25.9 Å². The van der Waals surface area contributed by atoms with Gasteiger partial charge in [0.15, 0.2) is 0 Å². The molecular weight excluding hydrogens is 380 g/mol. The molecule has 8 heteroatoms. The van der Waals surface area contributed by atoms with E-state index in [4.69, 9.17) is 0 Å². The number of carbonyl (C=O) groups excluding carboxylic acids is 2. The standard InChI is InChI=1S/C20H32N2O5S/c1-13-14(2)16(4)20(17(5)15(13)3)28(25,26)22-12-10-18(23)21-11-8-7-9-19(24)27-6/h22H,7-12H2,1-6H3,(H,21,23). The molecule has 0 fully saturated rings. The van der Waals surface area contributed by atoms with Crippen molar-refractivity contribution in [3.05, 3.63) is 27.8 Å². The number of hydrogen-bond acceptors (Lipinski definition) is 5. The molecule has 1 aromatic rings. The third-order valence-corrected chi connectivity index (χ3v) is 6.94. The zero-order valence-corrected chi connectivity index (χ0v) is 18.5. The molecule has 0 saturated heterocycles. The first-order valence-corrected chi connectivity index (χ1v) is 10.9. The number of nitrogens with one attached hydrogen (secondary N) is 2. The molecule has 28 heavy (non-hydrogen) atoms. The van der Waals surface area contributed by atoms with E-state index in [1.807, 2.05) is 34.6 Å². The molecule has 1 amide bonds. The lowest BCUT2D eigenvalue weighted by atomic mass is 9.95. The molecule has 0 atom stereocenters. The van der Waals surface area contributed by atoms with E-state index in [9.17, 15) is 18.0 Å². The number of benzene rings is 1. The van der Waals surface area contributed by atoms with Crippen LogP contribution in [0.5, 0.6) is 0 Å². The van der Waals surface area contributed by atoms with Crippen LogP contribution < -0.4 is 10.0 Å². The molecular formula is C20H32N2O5S. The molecule has 0 aliphatic heterocycles. The van der Waals surface area contributed by atoms with Crippen LogP contribution in [0, 0.1) is 34.6 Å². The molecule has 1 aromatic carbocycles. The van der Waals surface area contributed by atoms with E-state index in [1.54, 1.807) is 0 Å². The number of sulfonamides is 1. The van der Waals surface area contributed by atoms with Gasteiger partial charge >= 0.3 is 5.97 Å². The highest BCUT2D eigenvalue weighted by Gasteiger charge is 2.23. The fraction of sp³-hybridized carbons (Fsp3) is 0.600. The Bertz CT molecular complexity index is 802. The first-order valence-electron chi connectivity index (χ1n) is 9.43. The van der Waals surface area contributed by atoms with E-state index in [1.165, 1.54) is 7.11 Å². The Morgan fingerprint density at radius 3 is 1.89 bits per heavy atom. The van der Waals surface area contributed by atoms with Crippen LogP contribution in [0.4, 0.5) is 0 Å². The monoisotopic (exact) mass is 412 g/mol. The minimum atomic E-state index is -3.70. The summed E-state index contributed by atoms with van der Waals surface area (Å²) in [6.07, 6.45) is 1.66. The van der Waals surface area contributed by atoms with Gasteiger partial charge < -0.3 is 10.1 Å². The van der Waals surface area contributed by atoms with Gasteiger partial charge in [-0.05, 0) is 75.3 Å². The maximum atomic E-state index is 12.8. The first-order chi connectivity index (χ1) is 13.0. The molecule has 0 spiro atoms. The topological polar surface area (TPSA) is 102 Å². The number of methoxy groups -OCH3 is 1. The zero-order valence-electron chi connectivity index (χ0n) is 17.7. The van der Waals surface area contributed by atoms with Crippen molar-refractivity contribution in [1.82, 2.24) is 10.0 Å². The van der Waals surface area contributed by atoms with E-state index in [-0.39, 0.29) is 24.8 Å². The molecule has 2 N–H and O–H groups in total. The van der Waals surface area contributed by atoms with Crippen LogP contribution in [0.2, 0.25) is 0 Å². The van der Waals surface area contributed by atoms with Crippen LogP contribution in [0.1, 0.15) is 53.5 Å². The van der Waals surface area contributed by atoms with E-state index >= 15 is 0 Å². The number of carbonyl (C=O) groups is 2. The SMILES string of the molecule is COC(=O)CCCCNC(=O)CCNS(=O)(=O)c1c(C)c(C)c(C)c(C)c1C. The Balaban J connectivity index is 2.57. The van der Waals surface area contributed by atoms with Crippen LogP contribution >= 0.6 is 0 Å². The summed E-state index contributed by atoms with van der Waals surface area (Å²) in [4.78, 5) is 23.2.